The smallest absolute Gasteiger partial charge is 0.257 e. The molecule has 3 N–H and O–H groups in total. The summed E-state index contributed by atoms with van der Waals surface area (Å²) in [5.74, 6) is 0.434. The van der Waals surface area contributed by atoms with Crippen LogP contribution in [-0.2, 0) is 24.3 Å². The fraction of sp³-hybridized carbons (Fsp3) is 0.185. The summed E-state index contributed by atoms with van der Waals surface area (Å²) in [6.07, 6.45) is 1.53. The van der Waals surface area contributed by atoms with Gasteiger partial charge in [-0.05, 0) is 54.5 Å². The molecule has 0 saturated carbocycles. The van der Waals surface area contributed by atoms with Crippen molar-refractivity contribution in [3.8, 4) is 17.2 Å². The maximum absolute atomic E-state index is 12.0. The zero-order chi connectivity index (χ0) is 24.1. The van der Waals surface area contributed by atoms with Crippen molar-refractivity contribution in [1.82, 2.24) is 10.2 Å². The first-order valence-corrected chi connectivity index (χ1v) is 11.0. The molecule has 7 nitrogen and oxygen atoms in total. The van der Waals surface area contributed by atoms with Gasteiger partial charge in [0.15, 0.2) is 6.61 Å². The van der Waals surface area contributed by atoms with Crippen LogP contribution in [0.4, 0.5) is 5.69 Å². The van der Waals surface area contributed by atoms with Crippen LogP contribution in [0, 0.1) is 0 Å². The number of nitrogens with zero attached hydrogens (tertiary/aromatic N) is 2. The minimum absolute atomic E-state index is 0. The molecular formula is C27H27N3O4Zn. The number of aliphatic imine (C=N–C) groups is 1. The predicted octanol–water partition coefficient (Wildman–Crippen LogP) is 4.21. The summed E-state index contributed by atoms with van der Waals surface area (Å²) in [7, 11) is 3.88. The Kier molecular flexibility index (Phi) is 8.80. The van der Waals surface area contributed by atoms with E-state index in [0.29, 0.717) is 28.9 Å². The SMILES string of the molecule is CN(C)CCNC(=O)COc1ccc2ccc(O)c(C=Nc3ccc4ccccc4c3O)c2c1.[Zn]. The number of carbonyl (C=O) groups is 1. The largest absolute Gasteiger partial charge is 0.507 e. The third-order valence-electron chi connectivity index (χ3n) is 5.47. The van der Waals surface area contributed by atoms with Crippen molar-refractivity contribution >= 4 is 39.4 Å². The van der Waals surface area contributed by atoms with E-state index in [4.69, 9.17) is 4.74 Å². The quantitative estimate of drug-likeness (QED) is 0.238. The number of nitrogens with one attached hydrogen (secondary N) is 1. The molecule has 8 heteroatoms. The van der Waals surface area contributed by atoms with Gasteiger partial charge < -0.3 is 25.2 Å². The molecule has 0 spiro atoms. The first kappa shape index (κ1) is 26.1. The Balaban J connectivity index is 0.00000342. The Morgan fingerprint density at radius 3 is 2.51 bits per heavy atom. The van der Waals surface area contributed by atoms with Crippen LogP contribution >= 0.6 is 0 Å². The standard InChI is InChI=1S/C27H27N3O4.Zn/c1-30(2)14-13-28-26(32)17-34-20-10-7-19-9-12-25(31)23(22(19)15-20)16-29-24-11-8-18-5-3-4-6-21(18)27(24)33;/h3-12,15-16,31,33H,13-14,17H2,1-2H3,(H,28,32);. The van der Waals surface area contributed by atoms with Gasteiger partial charge in [0.05, 0.1) is 0 Å². The molecule has 0 saturated heterocycles. The van der Waals surface area contributed by atoms with Crippen molar-refractivity contribution < 1.29 is 39.2 Å². The van der Waals surface area contributed by atoms with E-state index in [1.54, 1.807) is 30.3 Å². The van der Waals surface area contributed by atoms with Crippen LogP contribution in [0.3, 0.4) is 0 Å². The first-order chi connectivity index (χ1) is 16.4. The molecule has 0 aliphatic heterocycles. The molecule has 4 rings (SSSR count). The molecule has 0 aliphatic rings. The minimum atomic E-state index is -0.202. The van der Waals surface area contributed by atoms with Crippen LogP contribution in [0.2, 0.25) is 0 Å². The molecule has 0 aliphatic carbocycles. The molecule has 35 heavy (non-hydrogen) atoms. The van der Waals surface area contributed by atoms with Crippen LogP contribution in [0.5, 0.6) is 17.2 Å². The predicted molar refractivity (Wildman–Crippen MR) is 136 cm³/mol. The maximum Gasteiger partial charge on any atom is 0.257 e. The van der Waals surface area contributed by atoms with Crippen molar-refractivity contribution in [2.24, 2.45) is 4.99 Å². The van der Waals surface area contributed by atoms with Crippen molar-refractivity contribution in [3.63, 3.8) is 0 Å². The molecule has 0 aromatic heterocycles. The van der Waals surface area contributed by atoms with Gasteiger partial charge in [0.2, 0.25) is 0 Å². The van der Waals surface area contributed by atoms with Gasteiger partial charge in [-0.2, -0.15) is 0 Å². The molecule has 4 aromatic carbocycles. The number of hydrogen-bond donors (Lipinski definition) is 3. The second-order valence-electron chi connectivity index (χ2n) is 8.24. The number of ether oxygens (including phenoxy) is 1. The Morgan fingerprint density at radius 2 is 1.71 bits per heavy atom. The molecule has 0 atom stereocenters. The topological polar surface area (TPSA) is 94.4 Å². The molecule has 0 radical (unpaired) electrons. The van der Waals surface area contributed by atoms with Gasteiger partial charge in [0, 0.05) is 49.7 Å². The Morgan fingerprint density at radius 1 is 1.00 bits per heavy atom. The van der Waals surface area contributed by atoms with Crippen molar-refractivity contribution in [2.45, 2.75) is 0 Å². The normalized spacial score (nSPS) is 11.2. The summed E-state index contributed by atoms with van der Waals surface area (Å²) in [6.45, 7) is 1.19. The van der Waals surface area contributed by atoms with E-state index < -0.39 is 0 Å². The third-order valence-corrected chi connectivity index (χ3v) is 5.47. The monoisotopic (exact) mass is 521 g/mol. The van der Waals surface area contributed by atoms with E-state index in [1.807, 2.05) is 55.4 Å². The summed E-state index contributed by atoms with van der Waals surface area (Å²) >= 11 is 0. The summed E-state index contributed by atoms with van der Waals surface area (Å²) in [6, 6.07) is 20.0. The average molecular weight is 523 g/mol. The number of fused-ring (bicyclic) bond motifs is 2. The third kappa shape index (κ3) is 6.35. The van der Waals surface area contributed by atoms with E-state index in [2.05, 4.69) is 10.3 Å². The van der Waals surface area contributed by atoms with Crippen molar-refractivity contribution in [2.75, 3.05) is 33.8 Å². The number of likely N-dealkylation sites (N-methyl/N-ethyl adjacent to an activating group) is 1. The van der Waals surface area contributed by atoms with Crippen molar-refractivity contribution in [3.05, 3.63) is 72.3 Å². The fourth-order valence-electron chi connectivity index (χ4n) is 3.64. The molecule has 0 bridgehead atoms. The summed E-state index contributed by atoms with van der Waals surface area (Å²) < 4.78 is 5.67. The molecule has 0 fully saturated rings. The maximum atomic E-state index is 12.0. The summed E-state index contributed by atoms with van der Waals surface area (Å²) in [5.41, 5.74) is 0.892. The Labute approximate surface area is 216 Å². The zero-order valence-electron chi connectivity index (χ0n) is 19.9. The number of amides is 1. The van der Waals surface area contributed by atoms with E-state index in [9.17, 15) is 15.0 Å². The van der Waals surface area contributed by atoms with Gasteiger partial charge in [0.1, 0.15) is 22.9 Å². The number of hydrogen-bond acceptors (Lipinski definition) is 6. The second-order valence-corrected chi connectivity index (χ2v) is 8.24. The molecule has 0 heterocycles. The molecule has 0 unspecified atom stereocenters. The van der Waals surface area contributed by atoms with E-state index in [1.165, 1.54) is 6.21 Å². The molecule has 176 valence electrons. The molecular weight excluding hydrogens is 496 g/mol. The Bertz CT molecular complexity index is 1370. The van der Waals surface area contributed by atoms with E-state index in [0.717, 1.165) is 22.7 Å². The van der Waals surface area contributed by atoms with Gasteiger partial charge in [-0.3, -0.25) is 9.79 Å². The Hall–Kier alpha value is -3.48. The number of aromatic hydroxyl groups is 2. The first-order valence-electron chi connectivity index (χ1n) is 11.0. The molecule has 1 amide bonds. The number of benzene rings is 4. The number of rotatable bonds is 8. The average Bonchev–Trinajstić information content (AvgIpc) is 2.83. The zero-order valence-corrected chi connectivity index (χ0v) is 22.8. The van der Waals surface area contributed by atoms with Gasteiger partial charge >= 0.3 is 0 Å². The van der Waals surface area contributed by atoms with Crippen LogP contribution in [0.15, 0.2) is 71.7 Å². The van der Waals surface area contributed by atoms with E-state index in [-0.39, 0.29) is 43.5 Å². The summed E-state index contributed by atoms with van der Waals surface area (Å²) in [5, 5.41) is 27.2. The number of phenolic OH excluding ortho intramolecular Hbond substituents is 2. The van der Waals surface area contributed by atoms with Gasteiger partial charge in [-0.25, -0.2) is 0 Å². The summed E-state index contributed by atoms with van der Waals surface area (Å²) in [4.78, 5) is 18.5. The van der Waals surface area contributed by atoms with Crippen LogP contribution in [0.1, 0.15) is 5.56 Å². The fourth-order valence-corrected chi connectivity index (χ4v) is 3.64. The van der Waals surface area contributed by atoms with Gasteiger partial charge in [-0.1, -0.05) is 42.5 Å². The van der Waals surface area contributed by atoms with Crippen LogP contribution in [-0.4, -0.2) is 61.0 Å². The van der Waals surface area contributed by atoms with Gasteiger partial charge in [-0.15, -0.1) is 0 Å². The van der Waals surface area contributed by atoms with Crippen LogP contribution < -0.4 is 10.1 Å². The second kappa shape index (κ2) is 11.8. The van der Waals surface area contributed by atoms with E-state index >= 15 is 0 Å². The number of carbonyl (C=O) groups excluding carboxylic acids is 1. The minimum Gasteiger partial charge on any atom is -0.507 e. The van der Waals surface area contributed by atoms with Gasteiger partial charge in [0.25, 0.3) is 5.91 Å². The number of phenols is 2. The molecule has 4 aromatic rings. The van der Waals surface area contributed by atoms with Crippen LogP contribution in [0.25, 0.3) is 21.5 Å². The van der Waals surface area contributed by atoms with Crippen molar-refractivity contribution in [1.29, 1.82) is 0 Å².